The van der Waals surface area contributed by atoms with Crippen molar-refractivity contribution in [2.45, 2.75) is 44.1 Å². The van der Waals surface area contributed by atoms with E-state index in [0.29, 0.717) is 6.54 Å². The van der Waals surface area contributed by atoms with Crippen LogP contribution in [0.4, 0.5) is 0 Å². The van der Waals surface area contributed by atoms with Gasteiger partial charge in [0.2, 0.25) is 0 Å². The van der Waals surface area contributed by atoms with Crippen molar-refractivity contribution in [3.63, 3.8) is 0 Å². The van der Waals surface area contributed by atoms with Crippen LogP contribution in [0.25, 0.3) is 0 Å². The summed E-state index contributed by atoms with van der Waals surface area (Å²) in [5.41, 5.74) is 7.92. The van der Waals surface area contributed by atoms with Gasteiger partial charge in [-0.3, -0.25) is 0 Å². The van der Waals surface area contributed by atoms with Gasteiger partial charge in [-0.15, -0.1) is 0 Å². The van der Waals surface area contributed by atoms with Gasteiger partial charge in [0.1, 0.15) is 0 Å². The van der Waals surface area contributed by atoms with Crippen LogP contribution in [0.15, 0.2) is 24.3 Å². The lowest BCUT2D eigenvalue weighted by Gasteiger charge is -2.29. The lowest BCUT2D eigenvalue weighted by molar-refractivity contribution is 0.0612. The summed E-state index contributed by atoms with van der Waals surface area (Å²) in [4.78, 5) is 0. The molecule has 1 fully saturated rings. The minimum atomic E-state index is -0.551. The SMILES string of the molecule is Cc1ccc(C2(CN)CCC(C)(O)C2)cc1. The molecule has 88 valence electrons. The van der Waals surface area contributed by atoms with Gasteiger partial charge < -0.3 is 10.8 Å². The molecule has 0 amide bonds. The molecule has 1 aromatic carbocycles. The van der Waals surface area contributed by atoms with Crippen LogP contribution in [0.5, 0.6) is 0 Å². The van der Waals surface area contributed by atoms with Crippen LogP contribution in [-0.2, 0) is 5.41 Å². The number of rotatable bonds is 2. The van der Waals surface area contributed by atoms with Gasteiger partial charge in [-0.1, -0.05) is 29.8 Å². The molecule has 1 aliphatic rings. The number of hydrogen-bond acceptors (Lipinski definition) is 2. The van der Waals surface area contributed by atoms with Crippen molar-refractivity contribution >= 4 is 0 Å². The molecule has 0 radical (unpaired) electrons. The molecule has 1 aromatic rings. The summed E-state index contributed by atoms with van der Waals surface area (Å²) in [5, 5.41) is 10.1. The lowest BCUT2D eigenvalue weighted by Crippen LogP contribution is -2.35. The van der Waals surface area contributed by atoms with E-state index in [0.717, 1.165) is 19.3 Å². The molecule has 2 atom stereocenters. The van der Waals surface area contributed by atoms with Gasteiger partial charge in [0, 0.05) is 12.0 Å². The molecule has 2 nitrogen and oxygen atoms in total. The number of benzene rings is 1. The molecule has 2 heteroatoms. The molecule has 0 spiro atoms. The molecule has 0 bridgehead atoms. The highest BCUT2D eigenvalue weighted by molar-refractivity contribution is 5.31. The fourth-order valence-electron chi connectivity index (χ4n) is 2.86. The second-order valence-corrected chi connectivity index (χ2v) is 5.52. The molecule has 2 unspecified atom stereocenters. The Hall–Kier alpha value is -0.860. The molecular weight excluding hydrogens is 198 g/mol. The fourth-order valence-corrected chi connectivity index (χ4v) is 2.86. The number of aryl methyl sites for hydroxylation is 1. The van der Waals surface area contributed by atoms with Crippen molar-refractivity contribution in [3.8, 4) is 0 Å². The van der Waals surface area contributed by atoms with Gasteiger partial charge in [0.25, 0.3) is 0 Å². The number of aliphatic hydroxyl groups is 1. The van der Waals surface area contributed by atoms with Crippen LogP contribution < -0.4 is 5.73 Å². The Morgan fingerprint density at radius 1 is 1.25 bits per heavy atom. The third-order valence-corrected chi connectivity index (χ3v) is 3.92. The highest BCUT2D eigenvalue weighted by Gasteiger charge is 2.44. The number of nitrogens with two attached hydrogens (primary N) is 1. The van der Waals surface area contributed by atoms with Gasteiger partial charge in [0.15, 0.2) is 0 Å². The summed E-state index contributed by atoms with van der Waals surface area (Å²) >= 11 is 0. The minimum absolute atomic E-state index is 0.0167. The van der Waals surface area contributed by atoms with Crippen molar-refractivity contribution < 1.29 is 5.11 Å². The molecular formula is C14H21NO. The first kappa shape index (κ1) is 11.6. The zero-order valence-corrected chi connectivity index (χ0v) is 10.2. The molecule has 0 aliphatic heterocycles. The smallest absolute Gasteiger partial charge is 0.0629 e. The highest BCUT2D eigenvalue weighted by atomic mass is 16.3. The summed E-state index contributed by atoms with van der Waals surface area (Å²) in [6.45, 7) is 4.62. The van der Waals surface area contributed by atoms with Crippen LogP contribution in [0.1, 0.15) is 37.3 Å². The van der Waals surface area contributed by atoms with E-state index in [1.165, 1.54) is 11.1 Å². The molecule has 3 N–H and O–H groups in total. The Labute approximate surface area is 97.5 Å². The average molecular weight is 219 g/mol. The number of hydrogen-bond donors (Lipinski definition) is 2. The van der Waals surface area contributed by atoms with E-state index in [1.807, 2.05) is 6.92 Å². The Kier molecular flexibility index (Phi) is 2.81. The fraction of sp³-hybridized carbons (Fsp3) is 0.571. The maximum Gasteiger partial charge on any atom is 0.0629 e. The van der Waals surface area contributed by atoms with Gasteiger partial charge in [-0.2, -0.15) is 0 Å². The summed E-state index contributed by atoms with van der Waals surface area (Å²) in [5.74, 6) is 0. The van der Waals surface area contributed by atoms with E-state index in [9.17, 15) is 5.11 Å². The summed E-state index contributed by atoms with van der Waals surface area (Å²) in [6, 6.07) is 8.56. The van der Waals surface area contributed by atoms with Gasteiger partial charge in [-0.05, 0) is 38.7 Å². The predicted molar refractivity (Wildman–Crippen MR) is 66.4 cm³/mol. The summed E-state index contributed by atoms with van der Waals surface area (Å²) in [7, 11) is 0. The van der Waals surface area contributed by atoms with Crippen LogP contribution in [0.2, 0.25) is 0 Å². The Balaban J connectivity index is 2.33. The topological polar surface area (TPSA) is 46.2 Å². The molecule has 16 heavy (non-hydrogen) atoms. The summed E-state index contributed by atoms with van der Waals surface area (Å²) < 4.78 is 0. The highest BCUT2D eigenvalue weighted by Crippen LogP contribution is 2.45. The maximum atomic E-state index is 10.1. The van der Waals surface area contributed by atoms with E-state index in [2.05, 4.69) is 31.2 Å². The standard InChI is InChI=1S/C14H21NO/c1-11-3-5-12(6-4-11)14(10-15)8-7-13(2,16)9-14/h3-6,16H,7-10,15H2,1-2H3. The van der Waals surface area contributed by atoms with E-state index in [-0.39, 0.29) is 5.41 Å². The molecule has 0 heterocycles. The van der Waals surface area contributed by atoms with Crippen molar-refractivity contribution in [2.24, 2.45) is 5.73 Å². The monoisotopic (exact) mass is 219 g/mol. The van der Waals surface area contributed by atoms with Crippen LogP contribution >= 0.6 is 0 Å². The van der Waals surface area contributed by atoms with Crippen LogP contribution in [0, 0.1) is 6.92 Å². The normalized spacial score (nSPS) is 34.2. The lowest BCUT2D eigenvalue weighted by atomic mass is 9.78. The third-order valence-electron chi connectivity index (χ3n) is 3.92. The van der Waals surface area contributed by atoms with Crippen LogP contribution in [-0.4, -0.2) is 17.3 Å². The van der Waals surface area contributed by atoms with E-state index in [4.69, 9.17) is 5.73 Å². The van der Waals surface area contributed by atoms with Crippen LogP contribution in [0.3, 0.4) is 0 Å². The minimum Gasteiger partial charge on any atom is -0.390 e. The largest absolute Gasteiger partial charge is 0.390 e. The second kappa shape index (κ2) is 3.86. The molecule has 2 rings (SSSR count). The molecule has 0 saturated heterocycles. The Morgan fingerprint density at radius 2 is 1.88 bits per heavy atom. The first-order valence-corrected chi connectivity index (χ1v) is 5.97. The van der Waals surface area contributed by atoms with E-state index < -0.39 is 5.60 Å². The molecule has 1 aliphatic carbocycles. The predicted octanol–water partition coefficient (Wildman–Crippen LogP) is 2.13. The Morgan fingerprint density at radius 3 is 2.31 bits per heavy atom. The van der Waals surface area contributed by atoms with Crippen molar-refractivity contribution in [1.82, 2.24) is 0 Å². The quantitative estimate of drug-likeness (QED) is 0.800. The van der Waals surface area contributed by atoms with Crippen molar-refractivity contribution in [1.29, 1.82) is 0 Å². The van der Waals surface area contributed by atoms with E-state index >= 15 is 0 Å². The van der Waals surface area contributed by atoms with Gasteiger partial charge in [-0.25, -0.2) is 0 Å². The zero-order chi connectivity index (χ0) is 11.8. The molecule has 0 aromatic heterocycles. The first-order chi connectivity index (χ1) is 7.47. The maximum absolute atomic E-state index is 10.1. The first-order valence-electron chi connectivity index (χ1n) is 5.97. The van der Waals surface area contributed by atoms with Gasteiger partial charge >= 0.3 is 0 Å². The van der Waals surface area contributed by atoms with Gasteiger partial charge in [0.05, 0.1) is 5.60 Å². The van der Waals surface area contributed by atoms with Crippen molar-refractivity contribution in [3.05, 3.63) is 35.4 Å². The third kappa shape index (κ3) is 2.00. The summed E-state index contributed by atoms with van der Waals surface area (Å²) in [6.07, 6.45) is 2.61. The zero-order valence-electron chi connectivity index (χ0n) is 10.2. The Bertz CT molecular complexity index is 369. The molecule has 1 saturated carbocycles. The van der Waals surface area contributed by atoms with E-state index in [1.54, 1.807) is 0 Å². The van der Waals surface area contributed by atoms with Crippen molar-refractivity contribution in [2.75, 3.05) is 6.54 Å². The second-order valence-electron chi connectivity index (χ2n) is 5.52. The average Bonchev–Trinajstić information content (AvgIpc) is 2.57.